The van der Waals surface area contributed by atoms with Crippen molar-refractivity contribution in [1.82, 2.24) is 0 Å². The van der Waals surface area contributed by atoms with Gasteiger partial charge >= 0.3 is 0 Å². The van der Waals surface area contributed by atoms with Gasteiger partial charge in [0, 0.05) is 16.6 Å². The van der Waals surface area contributed by atoms with Crippen LogP contribution < -0.4 is 15.4 Å². The van der Waals surface area contributed by atoms with Gasteiger partial charge in [-0.05, 0) is 47.1 Å². The summed E-state index contributed by atoms with van der Waals surface area (Å²) in [5.74, 6) is 0.625. The summed E-state index contributed by atoms with van der Waals surface area (Å²) >= 11 is 5.06. The Bertz CT molecular complexity index is 671. The second kappa shape index (κ2) is 5.10. The fourth-order valence-corrected chi connectivity index (χ4v) is 3.65. The zero-order valence-electron chi connectivity index (χ0n) is 10.8. The highest BCUT2D eigenvalue weighted by Crippen LogP contribution is 2.37. The van der Waals surface area contributed by atoms with E-state index in [1.807, 2.05) is 18.2 Å². The van der Waals surface area contributed by atoms with E-state index in [1.165, 1.54) is 0 Å². The van der Waals surface area contributed by atoms with Crippen molar-refractivity contribution in [1.29, 1.82) is 0 Å². The van der Waals surface area contributed by atoms with E-state index in [4.69, 9.17) is 10.5 Å². The number of rotatable bonds is 2. The number of ether oxygens (including phenoxy) is 1. The zero-order chi connectivity index (χ0) is 14.3. The fraction of sp³-hybridized carbons (Fsp3) is 0.214. The third kappa shape index (κ3) is 2.41. The molecule has 2 heterocycles. The molecule has 0 saturated carbocycles. The van der Waals surface area contributed by atoms with Crippen LogP contribution in [-0.4, -0.2) is 12.0 Å². The van der Waals surface area contributed by atoms with E-state index >= 15 is 0 Å². The van der Waals surface area contributed by atoms with Gasteiger partial charge in [0.05, 0.1) is 16.0 Å². The first-order valence-corrected chi connectivity index (χ1v) is 7.77. The molecule has 104 valence electrons. The topological polar surface area (TPSA) is 55.6 Å². The molecule has 0 fully saturated rings. The van der Waals surface area contributed by atoms with Crippen LogP contribution in [0.15, 0.2) is 34.1 Å². The van der Waals surface area contributed by atoms with Gasteiger partial charge in [-0.25, -0.2) is 0 Å². The van der Waals surface area contributed by atoms with Crippen LogP contribution in [0.25, 0.3) is 0 Å². The lowest BCUT2D eigenvalue weighted by Gasteiger charge is -2.32. The second-order valence-corrected chi connectivity index (χ2v) is 7.17. The van der Waals surface area contributed by atoms with Crippen LogP contribution in [0.5, 0.6) is 5.75 Å². The molecule has 1 aromatic carbocycles. The standard InChI is InChI=1S/C14H13BrN2O2S/c1-8-14(18)17(7-10-3-5-13(15)20-10)11-4-2-9(16)6-12(11)19-8/h2-6,8H,7,16H2,1H3. The number of amides is 1. The van der Waals surface area contributed by atoms with E-state index < -0.39 is 6.10 Å². The molecule has 1 aliphatic heterocycles. The van der Waals surface area contributed by atoms with Crippen molar-refractivity contribution in [3.8, 4) is 5.75 Å². The summed E-state index contributed by atoms with van der Waals surface area (Å²) in [6, 6.07) is 9.37. The molecule has 0 radical (unpaired) electrons. The van der Waals surface area contributed by atoms with E-state index in [1.54, 1.807) is 35.3 Å². The first-order chi connectivity index (χ1) is 9.54. The fourth-order valence-electron chi connectivity index (χ4n) is 2.18. The van der Waals surface area contributed by atoms with Gasteiger partial charge in [0.25, 0.3) is 5.91 Å². The van der Waals surface area contributed by atoms with Crippen LogP contribution in [0.3, 0.4) is 0 Å². The van der Waals surface area contributed by atoms with Gasteiger partial charge in [-0.2, -0.15) is 0 Å². The van der Waals surface area contributed by atoms with Gasteiger partial charge in [0.15, 0.2) is 6.10 Å². The van der Waals surface area contributed by atoms with E-state index in [0.717, 1.165) is 14.4 Å². The summed E-state index contributed by atoms with van der Waals surface area (Å²) in [6.45, 7) is 2.30. The minimum atomic E-state index is -0.493. The Morgan fingerprint density at radius 2 is 2.20 bits per heavy atom. The molecule has 1 unspecified atom stereocenters. The van der Waals surface area contributed by atoms with Crippen molar-refractivity contribution < 1.29 is 9.53 Å². The molecular weight excluding hydrogens is 340 g/mol. The molecule has 0 saturated heterocycles. The average molecular weight is 353 g/mol. The molecule has 6 heteroatoms. The van der Waals surface area contributed by atoms with Crippen LogP contribution in [0, 0.1) is 0 Å². The molecule has 1 amide bonds. The minimum absolute atomic E-state index is 0.0354. The third-order valence-electron chi connectivity index (χ3n) is 3.14. The number of halogens is 1. The molecule has 1 aromatic heterocycles. The van der Waals surface area contributed by atoms with Crippen LogP contribution >= 0.6 is 27.3 Å². The monoisotopic (exact) mass is 352 g/mol. The molecule has 0 spiro atoms. The molecule has 3 rings (SSSR count). The SMILES string of the molecule is CC1Oc2cc(N)ccc2N(Cc2ccc(Br)s2)C1=O. The Balaban J connectivity index is 1.98. The number of carbonyl (C=O) groups is 1. The number of carbonyl (C=O) groups excluding carboxylic acids is 1. The van der Waals surface area contributed by atoms with Gasteiger partial charge in [0.1, 0.15) is 5.75 Å². The van der Waals surface area contributed by atoms with Crippen molar-refractivity contribution in [3.63, 3.8) is 0 Å². The molecule has 1 aliphatic rings. The number of nitrogens with two attached hydrogens (primary N) is 1. The summed E-state index contributed by atoms with van der Waals surface area (Å²) in [5.41, 5.74) is 7.17. The van der Waals surface area contributed by atoms with Gasteiger partial charge in [0.2, 0.25) is 0 Å². The lowest BCUT2D eigenvalue weighted by molar-refractivity contribution is -0.125. The second-order valence-electron chi connectivity index (χ2n) is 4.62. The molecule has 4 nitrogen and oxygen atoms in total. The summed E-state index contributed by atoms with van der Waals surface area (Å²) in [5, 5.41) is 0. The normalized spacial score (nSPS) is 17.8. The van der Waals surface area contributed by atoms with Crippen LogP contribution in [0.1, 0.15) is 11.8 Å². The molecule has 20 heavy (non-hydrogen) atoms. The number of hydrogen-bond donors (Lipinski definition) is 1. The lowest BCUT2D eigenvalue weighted by Crippen LogP contribution is -2.43. The number of nitrogens with zero attached hydrogens (tertiary/aromatic N) is 1. The number of nitrogen functional groups attached to an aromatic ring is 1. The Kier molecular flexibility index (Phi) is 3.43. The Morgan fingerprint density at radius 1 is 1.40 bits per heavy atom. The van der Waals surface area contributed by atoms with E-state index in [-0.39, 0.29) is 5.91 Å². The zero-order valence-corrected chi connectivity index (χ0v) is 13.2. The van der Waals surface area contributed by atoms with E-state index in [0.29, 0.717) is 18.0 Å². The van der Waals surface area contributed by atoms with E-state index in [2.05, 4.69) is 15.9 Å². The number of hydrogen-bond acceptors (Lipinski definition) is 4. The van der Waals surface area contributed by atoms with Gasteiger partial charge < -0.3 is 15.4 Å². The minimum Gasteiger partial charge on any atom is -0.479 e. The van der Waals surface area contributed by atoms with Crippen LogP contribution in [-0.2, 0) is 11.3 Å². The quantitative estimate of drug-likeness (QED) is 0.842. The number of thiophene rings is 1. The molecule has 2 N–H and O–H groups in total. The predicted octanol–water partition coefficient (Wildman–Crippen LogP) is 3.41. The van der Waals surface area contributed by atoms with Crippen molar-refractivity contribution in [2.75, 3.05) is 10.6 Å². The molecular formula is C14H13BrN2O2S. The van der Waals surface area contributed by atoms with Crippen molar-refractivity contribution in [2.24, 2.45) is 0 Å². The number of fused-ring (bicyclic) bond motifs is 1. The van der Waals surface area contributed by atoms with Crippen molar-refractivity contribution >= 4 is 44.5 Å². The van der Waals surface area contributed by atoms with Gasteiger partial charge in [-0.1, -0.05) is 0 Å². The largest absolute Gasteiger partial charge is 0.479 e. The Morgan fingerprint density at radius 3 is 2.90 bits per heavy atom. The molecule has 0 aliphatic carbocycles. The highest BCUT2D eigenvalue weighted by molar-refractivity contribution is 9.11. The highest BCUT2D eigenvalue weighted by atomic mass is 79.9. The predicted molar refractivity (Wildman–Crippen MR) is 84.2 cm³/mol. The maximum Gasteiger partial charge on any atom is 0.268 e. The summed E-state index contributed by atoms with van der Waals surface area (Å²) in [6.07, 6.45) is -0.493. The Labute approximate surface area is 129 Å². The Hall–Kier alpha value is -1.53. The van der Waals surface area contributed by atoms with Crippen molar-refractivity contribution in [2.45, 2.75) is 19.6 Å². The maximum atomic E-state index is 12.3. The third-order valence-corrected chi connectivity index (χ3v) is 4.74. The molecule has 1 atom stereocenters. The smallest absolute Gasteiger partial charge is 0.268 e. The van der Waals surface area contributed by atoms with Gasteiger partial charge in [-0.3, -0.25) is 4.79 Å². The van der Waals surface area contributed by atoms with Crippen molar-refractivity contribution in [3.05, 3.63) is 39.0 Å². The maximum absolute atomic E-state index is 12.3. The molecule has 2 aromatic rings. The van der Waals surface area contributed by atoms with Gasteiger partial charge in [-0.15, -0.1) is 11.3 Å². The van der Waals surface area contributed by atoms with Crippen LogP contribution in [0.2, 0.25) is 0 Å². The first kappa shape index (κ1) is 13.5. The van der Waals surface area contributed by atoms with Crippen LogP contribution in [0.4, 0.5) is 11.4 Å². The first-order valence-electron chi connectivity index (χ1n) is 6.16. The summed E-state index contributed by atoms with van der Waals surface area (Å²) in [7, 11) is 0. The number of benzene rings is 1. The summed E-state index contributed by atoms with van der Waals surface area (Å²) in [4.78, 5) is 15.2. The molecule has 0 bridgehead atoms. The average Bonchev–Trinajstić information content (AvgIpc) is 2.80. The number of anilines is 2. The summed E-state index contributed by atoms with van der Waals surface area (Å²) < 4.78 is 6.68. The van der Waals surface area contributed by atoms with E-state index in [9.17, 15) is 4.79 Å². The lowest BCUT2D eigenvalue weighted by atomic mass is 10.1. The highest BCUT2D eigenvalue weighted by Gasteiger charge is 2.31.